The van der Waals surface area contributed by atoms with Crippen molar-refractivity contribution < 1.29 is 9.53 Å². The van der Waals surface area contributed by atoms with Crippen LogP contribution < -0.4 is 10.6 Å². The highest BCUT2D eigenvalue weighted by Crippen LogP contribution is 2.23. The third-order valence-electron chi connectivity index (χ3n) is 3.36. The Bertz CT molecular complexity index is 436. The number of thiophene rings is 1. The van der Waals surface area contributed by atoms with Crippen molar-refractivity contribution in [2.45, 2.75) is 32.4 Å². The van der Waals surface area contributed by atoms with Crippen molar-refractivity contribution in [3.63, 3.8) is 0 Å². The summed E-state index contributed by atoms with van der Waals surface area (Å²) in [4.78, 5) is 14.3. The predicted octanol–water partition coefficient (Wildman–Crippen LogP) is 2.22. The van der Waals surface area contributed by atoms with Crippen LogP contribution in [0.2, 0.25) is 0 Å². The van der Waals surface area contributed by atoms with E-state index in [-0.39, 0.29) is 17.6 Å². The molecule has 2 N–H and O–H groups in total. The van der Waals surface area contributed by atoms with Gasteiger partial charge in [-0.1, -0.05) is 0 Å². The Kier molecular flexibility index (Phi) is 5.61. The minimum absolute atomic E-state index is 0.115. The third kappa shape index (κ3) is 5.30. The minimum Gasteiger partial charge on any atom is -0.379 e. The molecule has 1 saturated heterocycles. The minimum atomic E-state index is -0.221. The van der Waals surface area contributed by atoms with Crippen molar-refractivity contribution in [3.8, 4) is 0 Å². The Morgan fingerprint density at radius 3 is 2.71 bits per heavy atom. The molecule has 1 aliphatic heterocycles. The number of morpholine rings is 1. The molecule has 0 spiro atoms. The number of nitrogens with zero attached hydrogens (tertiary/aromatic N) is 1. The van der Waals surface area contributed by atoms with Crippen molar-refractivity contribution in [2.75, 3.05) is 32.8 Å². The number of urea groups is 1. The van der Waals surface area contributed by atoms with Crippen LogP contribution in [0.3, 0.4) is 0 Å². The van der Waals surface area contributed by atoms with Gasteiger partial charge in [0.15, 0.2) is 0 Å². The van der Waals surface area contributed by atoms with E-state index in [9.17, 15) is 4.79 Å². The van der Waals surface area contributed by atoms with E-state index in [1.165, 1.54) is 5.56 Å². The number of hydrogen-bond acceptors (Lipinski definition) is 4. The van der Waals surface area contributed by atoms with E-state index in [1.54, 1.807) is 11.3 Å². The van der Waals surface area contributed by atoms with Crippen molar-refractivity contribution in [1.82, 2.24) is 15.5 Å². The van der Waals surface area contributed by atoms with Crippen molar-refractivity contribution >= 4 is 17.4 Å². The Morgan fingerprint density at radius 1 is 1.43 bits per heavy atom. The van der Waals surface area contributed by atoms with Crippen LogP contribution in [0.25, 0.3) is 0 Å². The highest BCUT2D eigenvalue weighted by atomic mass is 32.1. The van der Waals surface area contributed by atoms with E-state index in [2.05, 4.69) is 32.4 Å². The maximum atomic E-state index is 12.0. The number of amides is 2. The second kappa shape index (κ2) is 7.24. The number of carbonyl (C=O) groups is 1. The summed E-state index contributed by atoms with van der Waals surface area (Å²) in [5, 5.41) is 10.2. The van der Waals surface area contributed by atoms with E-state index < -0.39 is 0 Å². The Balaban J connectivity index is 1.95. The molecule has 1 aliphatic rings. The molecule has 1 aromatic rings. The van der Waals surface area contributed by atoms with Gasteiger partial charge in [0.1, 0.15) is 0 Å². The van der Waals surface area contributed by atoms with Gasteiger partial charge in [0.2, 0.25) is 0 Å². The van der Waals surface area contributed by atoms with Gasteiger partial charge in [0.05, 0.1) is 19.3 Å². The van der Waals surface area contributed by atoms with E-state index >= 15 is 0 Å². The van der Waals surface area contributed by atoms with Crippen molar-refractivity contribution in [3.05, 3.63) is 22.4 Å². The lowest BCUT2D eigenvalue weighted by atomic mass is 10.1. The van der Waals surface area contributed by atoms with Crippen molar-refractivity contribution in [2.24, 2.45) is 0 Å². The number of ether oxygens (including phenoxy) is 1. The average Bonchev–Trinajstić information content (AvgIpc) is 2.92. The summed E-state index contributed by atoms with van der Waals surface area (Å²) in [6.45, 7) is 9.87. The maximum absolute atomic E-state index is 12.0. The van der Waals surface area contributed by atoms with E-state index in [0.717, 1.165) is 26.3 Å². The summed E-state index contributed by atoms with van der Waals surface area (Å²) < 4.78 is 5.42. The topological polar surface area (TPSA) is 53.6 Å². The van der Waals surface area contributed by atoms with Gasteiger partial charge in [-0.25, -0.2) is 4.79 Å². The van der Waals surface area contributed by atoms with Gasteiger partial charge in [-0.2, -0.15) is 11.3 Å². The van der Waals surface area contributed by atoms with Gasteiger partial charge in [-0.3, -0.25) is 4.90 Å². The average molecular weight is 311 g/mol. The van der Waals surface area contributed by atoms with Crippen LogP contribution in [0.15, 0.2) is 16.8 Å². The molecular weight excluding hydrogens is 286 g/mol. The molecule has 1 atom stereocenters. The Labute approximate surface area is 130 Å². The number of carbonyl (C=O) groups excluding carboxylic acids is 1. The Hall–Kier alpha value is -1.11. The third-order valence-corrected chi connectivity index (χ3v) is 4.06. The lowest BCUT2D eigenvalue weighted by molar-refractivity contribution is 0.0167. The van der Waals surface area contributed by atoms with E-state index in [1.807, 2.05) is 20.8 Å². The van der Waals surface area contributed by atoms with Gasteiger partial charge >= 0.3 is 6.03 Å². The Morgan fingerprint density at radius 2 is 2.14 bits per heavy atom. The largest absolute Gasteiger partial charge is 0.379 e. The van der Waals surface area contributed by atoms with Crippen LogP contribution in [-0.2, 0) is 4.74 Å². The lowest BCUT2D eigenvalue weighted by Crippen LogP contribution is -2.49. The summed E-state index contributed by atoms with van der Waals surface area (Å²) in [6.07, 6.45) is 0. The summed E-state index contributed by atoms with van der Waals surface area (Å²) in [5.74, 6) is 0. The zero-order chi connectivity index (χ0) is 15.3. The second-order valence-electron chi connectivity index (χ2n) is 6.31. The van der Waals surface area contributed by atoms with Crippen molar-refractivity contribution in [1.29, 1.82) is 0 Å². The predicted molar refractivity (Wildman–Crippen MR) is 85.7 cm³/mol. The first-order chi connectivity index (χ1) is 9.96. The fourth-order valence-corrected chi connectivity index (χ4v) is 3.09. The van der Waals surface area contributed by atoms with E-state index in [4.69, 9.17) is 4.74 Å². The molecule has 21 heavy (non-hydrogen) atoms. The molecule has 0 aliphatic carbocycles. The molecule has 0 unspecified atom stereocenters. The van der Waals surface area contributed by atoms with Gasteiger partial charge in [-0.15, -0.1) is 0 Å². The zero-order valence-corrected chi connectivity index (χ0v) is 13.8. The number of rotatable bonds is 4. The monoisotopic (exact) mass is 311 g/mol. The fraction of sp³-hybridized carbons (Fsp3) is 0.667. The SMILES string of the molecule is CC(C)(C)NC(=O)NC[C@@H](c1ccsc1)N1CCOCC1. The van der Waals surface area contributed by atoms with Crippen LogP contribution in [-0.4, -0.2) is 49.3 Å². The van der Waals surface area contributed by atoms with Gasteiger partial charge < -0.3 is 15.4 Å². The quantitative estimate of drug-likeness (QED) is 0.896. The summed E-state index contributed by atoms with van der Waals surface area (Å²) in [5.41, 5.74) is 1.04. The lowest BCUT2D eigenvalue weighted by Gasteiger charge is -2.34. The summed E-state index contributed by atoms with van der Waals surface area (Å²) in [6, 6.07) is 2.23. The molecule has 2 rings (SSSR count). The normalized spacial score (nSPS) is 18.2. The first-order valence-electron chi connectivity index (χ1n) is 7.35. The standard InChI is InChI=1S/C15H25N3O2S/c1-15(2,3)17-14(19)16-10-13(12-4-9-21-11-12)18-5-7-20-8-6-18/h4,9,11,13H,5-8,10H2,1-3H3,(H2,16,17,19)/t13-/m0/s1. The highest BCUT2D eigenvalue weighted by molar-refractivity contribution is 7.07. The number of hydrogen-bond donors (Lipinski definition) is 2. The molecule has 0 radical (unpaired) electrons. The van der Waals surface area contributed by atoms with Crippen LogP contribution in [0.5, 0.6) is 0 Å². The van der Waals surface area contributed by atoms with Gasteiger partial charge in [-0.05, 0) is 43.2 Å². The maximum Gasteiger partial charge on any atom is 0.315 e. The van der Waals surface area contributed by atoms with Crippen LogP contribution in [0.4, 0.5) is 4.79 Å². The highest BCUT2D eigenvalue weighted by Gasteiger charge is 2.24. The molecule has 1 aromatic heterocycles. The molecule has 5 nitrogen and oxygen atoms in total. The first kappa shape index (κ1) is 16.3. The van der Waals surface area contributed by atoms with E-state index in [0.29, 0.717) is 6.54 Å². The molecule has 0 aromatic carbocycles. The first-order valence-corrected chi connectivity index (χ1v) is 8.30. The van der Waals surface area contributed by atoms with Crippen LogP contribution >= 0.6 is 11.3 Å². The molecule has 1 fully saturated rings. The van der Waals surface area contributed by atoms with Gasteiger partial charge in [0.25, 0.3) is 0 Å². The molecular formula is C15H25N3O2S. The van der Waals surface area contributed by atoms with Crippen LogP contribution in [0.1, 0.15) is 32.4 Å². The molecule has 2 amide bonds. The smallest absolute Gasteiger partial charge is 0.315 e. The zero-order valence-electron chi connectivity index (χ0n) is 13.0. The number of nitrogens with one attached hydrogen (secondary N) is 2. The summed E-state index contributed by atoms with van der Waals surface area (Å²) >= 11 is 1.69. The summed E-state index contributed by atoms with van der Waals surface area (Å²) in [7, 11) is 0. The fourth-order valence-electron chi connectivity index (χ4n) is 2.39. The van der Waals surface area contributed by atoms with Crippen LogP contribution in [0, 0.1) is 0 Å². The molecule has 118 valence electrons. The molecule has 0 bridgehead atoms. The van der Waals surface area contributed by atoms with Gasteiger partial charge in [0, 0.05) is 25.2 Å². The molecule has 6 heteroatoms. The molecule has 2 heterocycles. The molecule has 0 saturated carbocycles. The second-order valence-corrected chi connectivity index (χ2v) is 7.09.